The number of nitrogens with two attached hydrogens (primary N) is 2. The van der Waals surface area contributed by atoms with Crippen LogP contribution in [0.5, 0.6) is 5.75 Å². The molecule has 2 aromatic heterocycles. The first kappa shape index (κ1) is 19.9. The van der Waals surface area contributed by atoms with Gasteiger partial charge in [-0.25, -0.2) is 9.97 Å². The van der Waals surface area contributed by atoms with E-state index in [1.807, 2.05) is 26.0 Å². The van der Waals surface area contributed by atoms with Crippen LogP contribution in [0.1, 0.15) is 47.4 Å². The molecule has 0 saturated heterocycles. The number of hydrogen-bond acceptors (Lipinski definition) is 7. The van der Waals surface area contributed by atoms with Crippen LogP contribution in [0.25, 0.3) is 0 Å². The van der Waals surface area contributed by atoms with Crippen molar-refractivity contribution in [2.45, 2.75) is 51.6 Å². The van der Waals surface area contributed by atoms with Gasteiger partial charge in [0.2, 0.25) is 0 Å². The van der Waals surface area contributed by atoms with Crippen molar-refractivity contribution >= 4 is 23.1 Å². The van der Waals surface area contributed by atoms with Crippen molar-refractivity contribution in [1.29, 1.82) is 0 Å². The van der Waals surface area contributed by atoms with Crippen molar-refractivity contribution < 1.29 is 9.53 Å². The fourth-order valence-electron chi connectivity index (χ4n) is 3.72. The van der Waals surface area contributed by atoms with Gasteiger partial charge in [-0.3, -0.25) is 4.79 Å². The Kier molecular flexibility index (Phi) is 5.99. The number of methoxy groups -OCH3 is 1. The van der Waals surface area contributed by atoms with Crippen LogP contribution in [0.3, 0.4) is 0 Å². The normalized spacial score (nSPS) is 19.1. The number of pyridine rings is 2. The number of ether oxygens (including phenoxy) is 1. The Hall–Kier alpha value is -2.87. The summed E-state index contributed by atoms with van der Waals surface area (Å²) in [6, 6.07) is 3.97. The molecule has 8 heteroatoms. The number of rotatable bonds is 6. The molecule has 2 heterocycles. The van der Waals surface area contributed by atoms with E-state index in [2.05, 4.69) is 20.6 Å². The molecule has 0 spiro atoms. The number of amides is 1. The quantitative estimate of drug-likeness (QED) is 0.602. The number of nitrogens with zero attached hydrogens (tertiary/aromatic N) is 2. The summed E-state index contributed by atoms with van der Waals surface area (Å²) >= 11 is 0. The summed E-state index contributed by atoms with van der Waals surface area (Å²) in [5, 5.41) is 6.62. The van der Waals surface area contributed by atoms with Crippen LogP contribution in [0.2, 0.25) is 0 Å². The minimum absolute atomic E-state index is 0.106. The molecule has 0 aromatic carbocycles. The minimum Gasteiger partial charge on any atom is -0.495 e. The van der Waals surface area contributed by atoms with E-state index in [4.69, 9.17) is 16.2 Å². The summed E-state index contributed by atoms with van der Waals surface area (Å²) in [6.07, 6.45) is 5.94. The first-order chi connectivity index (χ1) is 13.4. The van der Waals surface area contributed by atoms with Gasteiger partial charge in [-0.2, -0.15) is 0 Å². The number of carbonyl (C=O) groups is 1. The third-order valence-electron chi connectivity index (χ3n) is 5.09. The van der Waals surface area contributed by atoms with Crippen molar-refractivity contribution in [3.63, 3.8) is 0 Å². The highest BCUT2D eigenvalue weighted by Crippen LogP contribution is 2.28. The SMILES string of the molecule is COc1c(C)cc(Nc2cc(NC3CCCCC3N)cnc2C(N)=O)nc1C. The van der Waals surface area contributed by atoms with E-state index in [0.29, 0.717) is 11.5 Å². The van der Waals surface area contributed by atoms with E-state index in [0.717, 1.165) is 48.4 Å². The number of carbonyl (C=O) groups excluding carboxylic acids is 1. The number of aryl methyl sites for hydroxylation is 2. The van der Waals surface area contributed by atoms with Crippen molar-refractivity contribution in [1.82, 2.24) is 9.97 Å². The number of anilines is 3. The highest BCUT2D eigenvalue weighted by atomic mass is 16.5. The van der Waals surface area contributed by atoms with E-state index in [1.54, 1.807) is 13.3 Å². The maximum Gasteiger partial charge on any atom is 0.269 e. The summed E-state index contributed by atoms with van der Waals surface area (Å²) in [5.41, 5.74) is 14.9. The fraction of sp³-hybridized carbons (Fsp3) is 0.450. The van der Waals surface area contributed by atoms with Gasteiger partial charge in [-0.1, -0.05) is 12.8 Å². The highest BCUT2D eigenvalue weighted by Gasteiger charge is 2.22. The zero-order valence-electron chi connectivity index (χ0n) is 16.6. The molecule has 2 atom stereocenters. The summed E-state index contributed by atoms with van der Waals surface area (Å²) in [6.45, 7) is 3.81. The van der Waals surface area contributed by atoms with Gasteiger partial charge in [-0.15, -0.1) is 0 Å². The molecule has 1 amide bonds. The van der Waals surface area contributed by atoms with Crippen molar-refractivity contribution in [2.75, 3.05) is 17.7 Å². The Labute approximate surface area is 165 Å². The Bertz CT molecular complexity index is 847. The van der Waals surface area contributed by atoms with Crippen LogP contribution in [-0.4, -0.2) is 35.1 Å². The lowest BCUT2D eigenvalue weighted by Gasteiger charge is -2.30. The lowest BCUT2D eigenvalue weighted by molar-refractivity contribution is 0.0996. The molecule has 1 aliphatic carbocycles. The van der Waals surface area contributed by atoms with Gasteiger partial charge in [0.1, 0.15) is 11.6 Å². The molecule has 2 aromatic rings. The van der Waals surface area contributed by atoms with Crippen LogP contribution in [0.15, 0.2) is 18.3 Å². The molecule has 6 N–H and O–H groups in total. The van der Waals surface area contributed by atoms with E-state index in [1.165, 1.54) is 0 Å². The molecule has 1 saturated carbocycles. The maximum absolute atomic E-state index is 11.8. The molecule has 28 heavy (non-hydrogen) atoms. The van der Waals surface area contributed by atoms with Gasteiger partial charge in [0.25, 0.3) is 5.91 Å². The van der Waals surface area contributed by atoms with E-state index >= 15 is 0 Å². The second kappa shape index (κ2) is 8.43. The molecule has 1 aliphatic rings. The third-order valence-corrected chi connectivity index (χ3v) is 5.09. The summed E-state index contributed by atoms with van der Waals surface area (Å²) in [4.78, 5) is 20.6. The molecule has 3 rings (SSSR count). The summed E-state index contributed by atoms with van der Waals surface area (Å²) in [5.74, 6) is 0.720. The smallest absolute Gasteiger partial charge is 0.269 e. The minimum atomic E-state index is -0.606. The number of nitrogens with one attached hydrogen (secondary N) is 2. The van der Waals surface area contributed by atoms with E-state index in [9.17, 15) is 4.79 Å². The standard InChI is InChI=1S/C20H28N6O2/c1-11-8-17(24-12(2)19(11)28-3)26-16-9-13(10-23-18(16)20(22)27)25-15-7-5-4-6-14(15)21/h8-10,14-15,25H,4-7,21H2,1-3H3,(H2,22,27)(H,24,26). The van der Waals surface area contributed by atoms with Crippen LogP contribution in [-0.2, 0) is 0 Å². The van der Waals surface area contributed by atoms with Gasteiger partial charge in [0, 0.05) is 12.1 Å². The molecule has 0 aliphatic heterocycles. The topological polar surface area (TPSA) is 128 Å². The first-order valence-electron chi connectivity index (χ1n) is 9.50. The predicted molar refractivity (Wildman–Crippen MR) is 110 cm³/mol. The maximum atomic E-state index is 11.8. The first-order valence-corrected chi connectivity index (χ1v) is 9.50. The van der Waals surface area contributed by atoms with Gasteiger partial charge in [-0.05, 0) is 44.4 Å². The van der Waals surface area contributed by atoms with E-state index < -0.39 is 5.91 Å². The Morgan fingerprint density at radius 2 is 2.00 bits per heavy atom. The van der Waals surface area contributed by atoms with Crippen LogP contribution in [0, 0.1) is 13.8 Å². The second-order valence-electron chi connectivity index (χ2n) is 7.25. The van der Waals surface area contributed by atoms with Gasteiger partial charge in [0.05, 0.1) is 30.4 Å². The van der Waals surface area contributed by atoms with Gasteiger partial charge < -0.3 is 26.8 Å². The lowest BCUT2D eigenvalue weighted by Crippen LogP contribution is -2.42. The Balaban J connectivity index is 1.89. The fourth-order valence-corrected chi connectivity index (χ4v) is 3.72. The zero-order chi connectivity index (χ0) is 20.3. The number of primary amides is 1. The number of aromatic nitrogens is 2. The molecular formula is C20H28N6O2. The highest BCUT2D eigenvalue weighted by molar-refractivity contribution is 5.97. The van der Waals surface area contributed by atoms with Crippen LogP contribution >= 0.6 is 0 Å². The summed E-state index contributed by atoms with van der Waals surface area (Å²) < 4.78 is 5.36. The molecule has 0 bridgehead atoms. The Morgan fingerprint density at radius 1 is 1.25 bits per heavy atom. The Morgan fingerprint density at radius 3 is 2.64 bits per heavy atom. The van der Waals surface area contributed by atoms with Gasteiger partial charge in [0.15, 0.2) is 5.69 Å². The van der Waals surface area contributed by atoms with Crippen molar-refractivity contribution in [3.8, 4) is 5.75 Å². The summed E-state index contributed by atoms with van der Waals surface area (Å²) in [7, 11) is 1.62. The average molecular weight is 384 g/mol. The van der Waals surface area contributed by atoms with Crippen molar-refractivity contribution in [2.24, 2.45) is 11.5 Å². The lowest BCUT2D eigenvalue weighted by atomic mass is 9.91. The van der Waals surface area contributed by atoms with Crippen LogP contribution < -0.4 is 26.8 Å². The molecular weight excluding hydrogens is 356 g/mol. The molecule has 150 valence electrons. The largest absolute Gasteiger partial charge is 0.495 e. The monoisotopic (exact) mass is 384 g/mol. The second-order valence-corrected chi connectivity index (χ2v) is 7.25. The van der Waals surface area contributed by atoms with Crippen LogP contribution in [0.4, 0.5) is 17.2 Å². The van der Waals surface area contributed by atoms with Gasteiger partial charge >= 0.3 is 0 Å². The van der Waals surface area contributed by atoms with E-state index in [-0.39, 0.29) is 17.8 Å². The average Bonchev–Trinajstić information content (AvgIpc) is 2.63. The third kappa shape index (κ3) is 4.33. The molecule has 2 unspecified atom stereocenters. The molecule has 0 radical (unpaired) electrons. The zero-order valence-corrected chi connectivity index (χ0v) is 16.6. The molecule has 8 nitrogen and oxygen atoms in total. The molecule has 1 fully saturated rings. The predicted octanol–water partition coefficient (Wildman–Crippen LogP) is 2.63. The van der Waals surface area contributed by atoms with Crippen molar-refractivity contribution in [3.05, 3.63) is 35.3 Å². The number of hydrogen-bond donors (Lipinski definition) is 4.